The van der Waals surface area contributed by atoms with Gasteiger partial charge in [-0.25, -0.2) is 14.4 Å². The molecular weight excluding hydrogens is 286 g/mol. The average molecular weight is 305 g/mol. The third kappa shape index (κ3) is 7.14. The lowest BCUT2D eigenvalue weighted by molar-refractivity contribution is -0.169. The van der Waals surface area contributed by atoms with Gasteiger partial charge in [0, 0.05) is 6.42 Å². The van der Waals surface area contributed by atoms with Gasteiger partial charge in [-0.15, -0.1) is 0 Å². The lowest BCUT2D eigenvalue weighted by atomic mass is 10.1. The highest BCUT2D eigenvalue weighted by Gasteiger charge is 2.39. The molecule has 3 N–H and O–H groups in total. The van der Waals surface area contributed by atoms with Crippen molar-refractivity contribution in [2.24, 2.45) is 0 Å². The first-order valence-corrected chi connectivity index (χ1v) is 6.12. The zero-order chi connectivity index (χ0) is 16.8. The molecule has 0 heterocycles. The number of alkyl carbamates (subject to hydrolysis) is 1. The Morgan fingerprint density at radius 3 is 1.95 bits per heavy atom. The first-order chi connectivity index (χ1) is 9.47. The van der Waals surface area contributed by atoms with Gasteiger partial charge >= 0.3 is 24.0 Å². The normalized spacial score (nSPS) is 13.7. The third-order valence-electron chi connectivity index (χ3n) is 2.03. The average Bonchev–Trinajstić information content (AvgIpc) is 2.30. The molecule has 0 radical (unpaired) electrons. The van der Waals surface area contributed by atoms with Crippen LogP contribution in [0.25, 0.3) is 0 Å². The highest BCUT2D eigenvalue weighted by molar-refractivity contribution is 5.89. The van der Waals surface area contributed by atoms with Crippen LogP contribution in [0, 0.1) is 0 Å². The van der Waals surface area contributed by atoms with Crippen molar-refractivity contribution in [3.8, 4) is 0 Å². The Bertz CT molecular complexity index is 425. The quantitative estimate of drug-likeness (QED) is 0.598. The number of hydrogen-bond donors (Lipinski definition) is 3. The third-order valence-corrected chi connectivity index (χ3v) is 2.03. The number of carbonyl (C=O) groups is 4. The highest BCUT2D eigenvalue weighted by Crippen LogP contribution is 2.09. The highest BCUT2D eigenvalue weighted by atomic mass is 16.6. The summed E-state index contributed by atoms with van der Waals surface area (Å²) < 4.78 is 9.36. The van der Waals surface area contributed by atoms with E-state index in [1.807, 2.05) is 5.32 Å². The molecule has 0 bridgehead atoms. The van der Waals surface area contributed by atoms with Crippen molar-refractivity contribution in [1.29, 1.82) is 0 Å². The fraction of sp³-hybridized carbons (Fsp3) is 0.667. The molecule has 0 fully saturated rings. The minimum absolute atomic E-state index is 0.136. The van der Waals surface area contributed by atoms with E-state index in [2.05, 4.69) is 4.74 Å². The Kier molecular flexibility index (Phi) is 6.64. The van der Waals surface area contributed by atoms with Gasteiger partial charge in [-0.1, -0.05) is 6.92 Å². The molecule has 0 saturated carbocycles. The van der Waals surface area contributed by atoms with E-state index in [1.54, 1.807) is 20.8 Å². The molecule has 0 aliphatic carbocycles. The monoisotopic (exact) mass is 305 g/mol. The van der Waals surface area contributed by atoms with Crippen LogP contribution in [-0.2, 0) is 23.9 Å². The second-order valence-corrected chi connectivity index (χ2v) is 5.06. The summed E-state index contributed by atoms with van der Waals surface area (Å²) in [6.07, 6.45) is -3.32. The lowest BCUT2D eigenvalue weighted by Crippen LogP contribution is -2.54. The molecule has 2 unspecified atom stereocenters. The summed E-state index contributed by atoms with van der Waals surface area (Å²) in [4.78, 5) is 44.8. The van der Waals surface area contributed by atoms with Gasteiger partial charge in [-0.05, 0) is 20.8 Å². The first-order valence-electron chi connectivity index (χ1n) is 6.12. The summed E-state index contributed by atoms with van der Waals surface area (Å²) in [5, 5.41) is 19.8. The van der Waals surface area contributed by atoms with Crippen LogP contribution in [-0.4, -0.2) is 52.0 Å². The zero-order valence-corrected chi connectivity index (χ0v) is 12.2. The van der Waals surface area contributed by atoms with Crippen LogP contribution in [0.15, 0.2) is 0 Å². The molecule has 0 aliphatic heterocycles. The van der Waals surface area contributed by atoms with Crippen molar-refractivity contribution in [2.75, 3.05) is 0 Å². The van der Waals surface area contributed by atoms with Crippen molar-refractivity contribution in [3.05, 3.63) is 0 Å². The molecule has 0 rings (SSSR count). The summed E-state index contributed by atoms with van der Waals surface area (Å²) in [5.41, 5.74) is -0.897. The predicted octanol–water partition coefficient (Wildman–Crippen LogP) is 0.371. The second kappa shape index (κ2) is 7.46. The second-order valence-electron chi connectivity index (χ2n) is 5.06. The van der Waals surface area contributed by atoms with E-state index in [-0.39, 0.29) is 6.42 Å². The van der Waals surface area contributed by atoms with Crippen LogP contribution >= 0.6 is 0 Å². The molecule has 21 heavy (non-hydrogen) atoms. The molecule has 0 spiro atoms. The van der Waals surface area contributed by atoms with E-state index in [4.69, 9.17) is 14.9 Å². The predicted molar refractivity (Wildman–Crippen MR) is 68.6 cm³/mol. The van der Waals surface area contributed by atoms with Gasteiger partial charge in [-0.3, -0.25) is 4.79 Å². The van der Waals surface area contributed by atoms with Gasteiger partial charge in [0.15, 0.2) is 6.04 Å². The van der Waals surface area contributed by atoms with Crippen LogP contribution in [0.4, 0.5) is 4.79 Å². The van der Waals surface area contributed by atoms with Crippen LogP contribution in [0.2, 0.25) is 0 Å². The van der Waals surface area contributed by atoms with Gasteiger partial charge in [0.2, 0.25) is 6.10 Å². The van der Waals surface area contributed by atoms with E-state index >= 15 is 0 Å². The molecule has 9 heteroatoms. The number of amides is 1. The Morgan fingerprint density at radius 2 is 1.62 bits per heavy atom. The Morgan fingerprint density at radius 1 is 1.10 bits per heavy atom. The first kappa shape index (κ1) is 18.7. The van der Waals surface area contributed by atoms with Crippen molar-refractivity contribution in [2.45, 2.75) is 51.9 Å². The Balaban J connectivity index is 5.08. The number of carboxylic acid groups (broad SMARTS) is 2. The van der Waals surface area contributed by atoms with Crippen molar-refractivity contribution < 1.29 is 38.9 Å². The molecule has 0 aromatic rings. The molecule has 0 saturated heterocycles. The van der Waals surface area contributed by atoms with Crippen molar-refractivity contribution in [3.63, 3.8) is 0 Å². The largest absolute Gasteiger partial charge is 0.480 e. The maximum atomic E-state index is 11.5. The van der Waals surface area contributed by atoms with Gasteiger partial charge in [0.25, 0.3) is 0 Å². The van der Waals surface area contributed by atoms with Crippen LogP contribution in [0.1, 0.15) is 34.1 Å². The zero-order valence-electron chi connectivity index (χ0n) is 12.2. The minimum Gasteiger partial charge on any atom is -0.480 e. The smallest absolute Gasteiger partial charge is 0.408 e. The van der Waals surface area contributed by atoms with Crippen molar-refractivity contribution in [1.82, 2.24) is 5.32 Å². The maximum Gasteiger partial charge on any atom is 0.408 e. The summed E-state index contributed by atoms with van der Waals surface area (Å²) in [6, 6.07) is -1.96. The van der Waals surface area contributed by atoms with Gasteiger partial charge in [0.1, 0.15) is 5.60 Å². The van der Waals surface area contributed by atoms with Gasteiger partial charge in [0.05, 0.1) is 0 Å². The van der Waals surface area contributed by atoms with Crippen LogP contribution in [0.5, 0.6) is 0 Å². The SMILES string of the molecule is CCC(=O)OC(C(=O)O)C(NC(=O)OC(C)(C)C)C(=O)O. The van der Waals surface area contributed by atoms with E-state index < -0.39 is 41.7 Å². The molecule has 1 amide bonds. The molecule has 9 nitrogen and oxygen atoms in total. The number of hydrogen-bond acceptors (Lipinski definition) is 6. The minimum atomic E-state index is -2.05. The summed E-state index contributed by atoms with van der Waals surface area (Å²) in [7, 11) is 0. The van der Waals surface area contributed by atoms with Crippen LogP contribution in [0.3, 0.4) is 0 Å². The van der Waals surface area contributed by atoms with Gasteiger partial charge in [-0.2, -0.15) is 0 Å². The Hall–Kier alpha value is -2.32. The summed E-state index contributed by atoms with van der Waals surface area (Å²) in [6.45, 7) is 6.06. The number of ether oxygens (including phenoxy) is 2. The topological polar surface area (TPSA) is 139 Å². The molecule has 2 atom stereocenters. The van der Waals surface area contributed by atoms with E-state index in [0.29, 0.717) is 0 Å². The summed E-state index contributed by atoms with van der Waals surface area (Å²) >= 11 is 0. The Labute approximate surface area is 121 Å². The molecule has 0 aromatic carbocycles. The van der Waals surface area contributed by atoms with E-state index in [1.165, 1.54) is 6.92 Å². The number of nitrogens with one attached hydrogen (secondary N) is 1. The number of carboxylic acids is 2. The summed E-state index contributed by atoms with van der Waals surface area (Å²) in [5.74, 6) is -4.27. The van der Waals surface area contributed by atoms with Gasteiger partial charge < -0.3 is 25.0 Å². The number of rotatable bonds is 6. The standard InChI is InChI=1S/C12H19NO8/c1-5-6(14)20-8(10(17)18)7(9(15)16)13-11(19)21-12(2,3)4/h7-8H,5H2,1-4H3,(H,13,19)(H,15,16)(H,17,18). The number of aliphatic carboxylic acids is 2. The number of carbonyl (C=O) groups excluding carboxylic acids is 2. The number of esters is 1. The van der Waals surface area contributed by atoms with E-state index in [9.17, 15) is 19.2 Å². The van der Waals surface area contributed by atoms with Crippen molar-refractivity contribution >= 4 is 24.0 Å². The molecule has 120 valence electrons. The maximum absolute atomic E-state index is 11.5. The molecular formula is C12H19NO8. The molecule has 0 aromatic heterocycles. The van der Waals surface area contributed by atoms with Crippen LogP contribution < -0.4 is 5.32 Å². The lowest BCUT2D eigenvalue weighted by Gasteiger charge is -2.24. The fourth-order valence-electron chi connectivity index (χ4n) is 1.19. The fourth-order valence-corrected chi connectivity index (χ4v) is 1.19. The van der Waals surface area contributed by atoms with E-state index in [0.717, 1.165) is 0 Å². The molecule has 0 aliphatic rings.